The standard InChI is InChI=1S/C18H24N4O4/c1-11-8-14-16(12(2)26-11)19-22(6-7-24-3)17(14)18(23)21-5-4-15-13(9-21)10-25-20-15/h10-12H,4-9H2,1-3H3/t11-,12+/m0/s1. The molecule has 8 nitrogen and oxygen atoms in total. The number of methoxy groups -OCH3 is 1. The number of fused-ring (bicyclic) bond motifs is 2. The van der Waals surface area contributed by atoms with Gasteiger partial charge in [0.2, 0.25) is 0 Å². The Bertz CT molecular complexity index is 812. The van der Waals surface area contributed by atoms with Crippen molar-refractivity contribution in [2.45, 2.75) is 52.0 Å². The summed E-state index contributed by atoms with van der Waals surface area (Å²) in [5.41, 5.74) is 4.46. The maximum absolute atomic E-state index is 13.4. The lowest BCUT2D eigenvalue weighted by Crippen LogP contribution is -2.38. The third kappa shape index (κ3) is 2.93. The van der Waals surface area contributed by atoms with Crippen LogP contribution in [0.2, 0.25) is 0 Å². The molecule has 1 amide bonds. The second-order valence-electron chi connectivity index (χ2n) is 6.98. The van der Waals surface area contributed by atoms with Crippen LogP contribution in [-0.2, 0) is 35.4 Å². The number of carbonyl (C=O) groups excluding carboxylic acids is 1. The number of hydrogen-bond donors (Lipinski definition) is 0. The molecule has 140 valence electrons. The number of rotatable bonds is 4. The summed E-state index contributed by atoms with van der Waals surface area (Å²) < 4.78 is 17.9. The highest BCUT2D eigenvalue weighted by atomic mass is 16.5. The Morgan fingerprint density at radius 3 is 3.08 bits per heavy atom. The zero-order chi connectivity index (χ0) is 18.3. The van der Waals surface area contributed by atoms with Crippen LogP contribution in [0, 0.1) is 0 Å². The number of amides is 1. The second-order valence-corrected chi connectivity index (χ2v) is 6.98. The lowest BCUT2D eigenvalue weighted by molar-refractivity contribution is -0.00721. The molecule has 2 aromatic rings. The fourth-order valence-electron chi connectivity index (χ4n) is 3.84. The molecule has 2 aliphatic heterocycles. The Labute approximate surface area is 152 Å². The van der Waals surface area contributed by atoms with Gasteiger partial charge in [0.15, 0.2) is 0 Å². The van der Waals surface area contributed by atoms with Crippen molar-refractivity contribution in [1.29, 1.82) is 0 Å². The lowest BCUT2D eigenvalue weighted by Gasteiger charge is -2.28. The summed E-state index contributed by atoms with van der Waals surface area (Å²) in [5.74, 6) is 0.00278. The quantitative estimate of drug-likeness (QED) is 0.826. The molecule has 0 unspecified atom stereocenters. The molecule has 0 saturated carbocycles. The summed E-state index contributed by atoms with van der Waals surface area (Å²) in [5, 5.41) is 8.69. The van der Waals surface area contributed by atoms with Crippen LogP contribution in [0.3, 0.4) is 0 Å². The van der Waals surface area contributed by atoms with Crippen LogP contribution in [0.1, 0.15) is 53.0 Å². The van der Waals surface area contributed by atoms with Gasteiger partial charge in [0.1, 0.15) is 12.0 Å². The predicted octanol–water partition coefficient (Wildman–Crippen LogP) is 1.74. The molecule has 2 atom stereocenters. The van der Waals surface area contributed by atoms with Crippen molar-refractivity contribution in [1.82, 2.24) is 19.8 Å². The van der Waals surface area contributed by atoms with Crippen LogP contribution in [0.25, 0.3) is 0 Å². The number of ether oxygens (including phenoxy) is 2. The number of aromatic nitrogens is 3. The van der Waals surface area contributed by atoms with Gasteiger partial charge in [-0.3, -0.25) is 9.48 Å². The fourth-order valence-corrected chi connectivity index (χ4v) is 3.84. The van der Waals surface area contributed by atoms with Gasteiger partial charge in [0.05, 0.1) is 43.3 Å². The molecule has 2 aliphatic rings. The van der Waals surface area contributed by atoms with Crippen LogP contribution >= 0.6 is 0 Å². The van der Waals surface area contributed by atoms with Crippen molar-refractivity contribution in [3.05, 3.63) is 34.5 Å². The zero-order valence-electron chi connectivity index (χ0n) is 15.4. The smallest absolute Gasteiger partial charge is 0.272 e. The second kappa shape index (κ2) is 6.85. The van der Waals surface area contributed by atoms with Gasteiger partial charge in [-0.2, -0.15) is 5.10 Å². The molecule has 4 rings (SSSR count). The molecule has 0 saturated heterocycles. The minimum Gasteiger partial charge on any atom is -0.383 e. The summed E-state index contributed by atoms with van der Waals surface area (Å²) in [4.78, 5) is 15.2. The maximum atomic E-state index is 13.4. The van der Waals surface area contributed by atoms with E-state index in [-0.39, 0.29) is 18.1 Å². The van der Waals surface area contributed by atoms with Crippen molar-refractivity contribution < 1.29 is 18.8 Å². The Kier molecular flexibility index (Phi) is 4.54. The maximum Gasteiger partial charge on any atom is 0.272 e. The first kappa shape index (κ1) is 17.2. The predicted molar refractivity (Wildman–Crippen MR) is 91.7 cm³/mol. The molecular weight excluding hydrogens is 336 g/mol. The highest BCUT2D eigenvalue weighted by Crippen LogP contribution is 2.32. The molecule has 0 spiro atoms. The molecule has 0 aliphatic carbocycles. The minimum atomic E-state index is -0.116. The van der Waals surface area contributed by atoms with Gasteiger partial charge in [0, 0.05) is 37.6 Å². The van der Waals surface area contributed by atoms with Gasteiger partial charge in [-0.05, 0) is 13.8 Å². The first-order valence-corrected chi connectivity index (χ1v) is 9.03. The topological polar surface area (TPSA) is 82.6 Å². The summed E-state index contributed by atoms with van der Waals surface area (Å²) in [6.45, 7) is 6.21. The van der Waals surface area contributed by atoms with Crippen molar-refractivity contribution in [2.24, 2.45) is 0 Å². The third-order valence-electron chi connectivity index (χ3n) is 5.10. The highest BCUT2D eigenvalue weighted by molar-refractivity contribution is 5.94. The van der Waals surface area contributed by atoms with E-state index in [9.17, 15) is 4.79 Å². The van der Waals surface area contributed by atoms with Gasteiger partial charge < -0.3 is 18.9 Å². The van der Waals surface area contributed by atoms with Gasteiger partial charge in [-0.25, -0.2) is 0 Å². The summed E-state index contributed by atoms with van der Waals surface area (Å²) in [7, 11) is 1.65. The van der Waals surface area contributed by atoms with Crippen molar-refractivity contribution in [3.63, 3.8) is 0 Å². The third-order valence-corrected chi connectivity index (χ3v) is 5.10. The number of carbonyl (C=O) groups is 1. The summed E-state index contributed by atoms with van der Waals surface area (Å²) in [6.07, 6.45) is 2.98. The van der Waals surface area contributed by atoms with Gasteiger partial charge in [-0.1, -0.05) is 5.16 Å². The Morgan fingerprint density at radius 1 is 1.42 bits per heavy atom. The van der Waals surface area contributed by atoms with E-state index in [1.165, 1.54) is 0 Å². The van der Waals surface area contributed by atoms with E-state index in [0.29, 0.717) is 44.8 Å². The lowest BCUT2D eigenvalue weighted by atomic mass is 9.98. The summed E-state index contributed by atoms with van der Waals surface area (Å²) in [6, 6.07) is 0. The fraction of sp³-hybridized carbons (Fsp3) is 0.611. The Hall–Kier alpha value is -2.19. The van der Waals surface area contributed by atoms with Crippen LogP contribution in [0.15, 0.2) is 10.8 Å². The van der Waals surface area contributed by atoms with Crippen LogP contribution < -0.4 is 0 Å². The first-order chi connectivity index (χ1) is 12.6. The van der Waals surface area contributed by atoms with Gasteiger partial charge in [-0.15, -0.1) is 0 Å². The molecule has 4 heterocycles. The number of hydrogen-bond acceptors (Lipinski definition) is 6. The van der Waals surface area contributed by atoms with E-state index in [4.69, 9.17) is 14.0 Å². The van der Waals surface area contributed by atoms with E-state index < -0.39 is 0 Å². The minimum absolute atomic E-state index is 0.00278. The van der Waals surface area contributed by atoms with Crippen LogP contribution in [0.5, 0.6) is 0 Å². The molecule has 8 heteroatoms. The van der Waals surface area contributed by atoms with E-state index in [2.05, 4.69) is 10.3 Å². The van der Waals surface area contributed by atoms with Crippen molar-refractivity contribution in [2.75, 3.05) is 20.3 Å². The van der Waals surface area contributed by atoms with Crippen LogP contribution in [0.4, 0.5) is 0 Å². The average molecular weight is 360 g/mol. The van der Waals surface area contributed by atoms with Crippen molar-refractivity contribution in [3.8, 4) is 0 Å². The highest BCUT2D eigenvalue weighted by Gasteiger charge is 2.35. The van der Waals surface area contributed by atoms with Gasteiger partial charge >= 0.3 is 0 Å². The largest absolute Gasteiger partial charge is 0.383 e. The first-order valence-electron chi connectivity index (χ1n) is 9.03. The molecule has 0 N–H and O–H groups in total. The van der Waals surface area contributed by atoms with E-state index in [1.54, 1.807) is 18.1 Å². The normalized spacial score (nSPS) is 22.2. The Balaban J connectivity index is 1.69. The van der Waals surface area contributed by atoms with E-state index >= 15 is 0 Å². The van der Waals surface area contributed by atoms with Crippen molar-refractivity contribution >= 4 is 5.91 Å². The SMILES string of the molecule is COCCn1nc2c(c1C(=O)N1CCc3nocc3C1)C[C@H](C)O[C@@H]2C. The molecule has 2 aromatic heterocycles. The molecular formula is C18H24N4O4. The molecule has 0 fully saturated rings. The Morgan fingerprint density at radius 2 is 2.27 bits per heavy atom. The monoisotopic (exact) mass is 360 g/mol. The molecule has 0 bridgehead atoms. The van der Waals surface area contributed by atoms with E-state index in [0.717, 1.165) is 22.5 Å². The van der Waals surface area contributed by atoms with Gasteiger partial charge in [0.25, 0.3) is 5.91 Å². The zero-order valence-corrected chi connectivity index (χ0v) is 15.4. The number of nitrogens with zero attached hydrogens (tertiary/aromatic N) is 4. The van der Waals surface area contributed by atoms with E-state index in [1.807, 2.05) is 18.7 Å². The molecule has 26 heavy (non-hydrogen) atoms. The average Bonchev–Trinajstić information content (AvgIpc) is 3.22. The molecule has 0 radical (unpaired) electrons. The molecule has 0 aromatic carbocycles. The van der Waals surface area contributed by atoms with Crippen LogP contribution in [-0.4, -0.2) is 52.1 Å². The summed E-state index contributed by atoms with van der Waals surface area (Å²) >= 11 is 0.